The molecule has 0 heterocycles. The van der Waals surface area contributed by atoms with Gasteiger partial charge in [0.2, 0.25) is 5.24 Å². The van der Waals surface area contributed by atoms with Crippen LogP contribution in [0.25, 0.3) is 0 Å². The highest BCUT2D eigenvalue weighted by Crippen LogP contribution is 2.09. The van der Waals surface area contributed by atoms with Gasteiger partial charge in [-0.2, -0.15) is 0 Å². The average Bonchev–Trinajstić information content (AvgIpc) is 2.28. The van der Waals surface area contributed by atoms with Gasteiger partial charge in [-0.1, -0.05) is 12.1 Å². The van der Waals surface area contributed by atoms with E-state index in [-0.39, 0.29) is 11.1 Å². The van der Waals surface area contributed by atoms with Gasteiger partial charge in [-0.15, -0.1) is 0 Å². The summed E-state index contributed by atoms with van der Waals surface area (Å²) in [6.45, 7) is 1.41. The van der Waals surface area contributed by atoms with Gasteiger partial charge in [-0.3, -0.25) is 9.59 Å². The molecule has 1 aromatic rings. The van der Waals surface area contributed by atoms with E-state index in [9.17, 15) is 14.4 Å². The number of halogens is 1. The summed E-state index contributed by atoms with van der Waals surface area (Å²) >= 11 is 5.19. The number of hydrogen-bond acceptors (Lipinski definition) is 3. The summed E-state index contributed by atoms with van der Waals surface area (Å²) in [4.78, 5) is 33.3. The molecule has 2 N–H and O–H groups in total. The molecular weight excluding hydrogens is 246 g/mol. The summed E-state index contributed by atoms with van der Waals surface area (Å²) in [5, 5.41) is 10.5. The molecule has 0 spiro atoms. The van der Waals surface area contributed by atoms with E-state index in [1.807, 2.05) is 0 Å². The molecule has 0 aliphatic heterocycles. The van der Waals surface area contributed by atoms with Crippen molar-refractivity contribution in [2.75, 3.05) is 0 Å². The van der Waals surface area contributed by atoms with E-state index in [2.05, 4.69) is 5.32 Å². The van der Waals surface area contributed by atoms with Gasteiger partial charge >= 0.3 is 5.97 Å². The molecule has 0 unspecified atom stereocenters. The Balaban J connectivity index is 2.97. The molecule has 0 saturated carbocycles. The number of nitrogens with one attached hydrogen (secondary N) is 1. The molecule has 0 radical (unpaired) electrons. The van der Waals surface area contributed by atoms with Crippen LogP contribution in [0.5, 0.6) is 0 Å². The molecule has 90 valence electrons. The van der Waals surface area contributed by atoms with Crippen LogP contribution in [-0.2, 0) is 4.79 Å². The molecule has 0 aromatic heterocycles. The van der Waals surface area contributed by atoms with Gasteiger partial charge in [-0.05, 0) is 30.7 Å². The van der Waals surface area contributed by atoms with Crippen LogP contribution < -0.4 is 5.32 Å². The average molecular weight is 256 g/mol. The number of carboxylic acids is 1. The van der Waals surface area contributed by atoms with Gasteiger partial charge in [-0.25, -0.2) is 4.79 Å². The van der Waals surface area contributed by atoms with Crippen molar-refractivity contribution >= 4 is 28.7 Å². The molecule has 0 bridgehead atoms. The van der Waals surface area contributed by atoms with Crippen molar-refractivity contribution in [1.29, 1.82) is 0 Å². The number of aromatic carboxylic acids is 1. The predicted molar refractivity (Wildman–Crippen MR) is 61.2 cm³/mol. The van der Waals surface area contributed by atoms with E-state index in [1.54, 1.807) is 0 Å². The van der Waals surface area contributed by atoms with Gasteiger partial charge in [0.15, 0.2) is 0 Å². The van der Waals surface area contributed by atoms with E-state index in [4.69, 9.17) is 16.7 Å². The molecule has 1 rings (SSSR count). The SMILES string of the molecule is C[C@H](NC(=O)c1ccccc1C(=O)O)C(=O)Cl. The van der Waals surface area contributed by atoms with Gasteiger partial charge < -0.3 is 10.4 Å². The molecule has 0 fully saturated rings. The second-order valence-corrected chi connectivity index (χ2v) is 3.72. The Morgan fingerprint density at radius 2 is 1.76 bits per heavy atom. The first kappa shape index (κ1) is 13.2. The Labute approximate surface area is 102 Å². The lowest BCUT2D eigenvalue weighted by Crippen LogP contribution is -2.37. The lowest BCUT2D eigenvalue weighted by atomic mass is 10.1. The molecular formula is C11H10ClNO4. The molecule has 1 atom stereocenters. The minimum absolute atomic E-state index is 0.00948. The third kappa shape index (κ3) is 3.29. The van der Waals surface area contributed by atoms with Crippen molar-refractivity contribution in [3.05, 3.63) is 35.4 Å². The molecule has 1 amide bonds. The quantitative estimate of drug-likeness (QED) is 0.794. The van der Waals surface area contributed by atoms with Gasteiger partial charge in [0, 0.05) is 0 Å². The lowest BCUT2D eigenvalue weighted by molar-refractivity contribution is -0.113. The predicted octanol–water partition coefficient (Wildman–Crippen LogP) is 1.27. The number of amides is 1. The van der Waals surface area contributed by atoms with Crippen LogP contribution in [0.4, 0.5) is 0 Å². The van der Waals surface area contributed by atoms with Crippen molar-refractivity contribution in [1.82, 2.24) is 5.32 Å². The Morgan fingerprint density at radius 1 is 1.24 bits per heavy atom. The standard InChI is InChI=1S/C11H10ClNO4/c1-6(9(12)14)13-10(15)7-4-2-3-5-8(7)11(16)17/h2-6H,1H3,(H,13,15)(H,16,17)/t6-/m0/s1. The molecule has 17 heavy (non-hydrogen) atoms. The fourth-order valence-corrected chi connectivity index (χ4v) is 1.25. The van der Waals surface area contributed by atoms with Crippen LogP contribution >= 0.6 is 11.6 Å². The van der Waals surface area contributed by atoms with Crippen molar-refractivity contribution in [2.24, 2.45) is 0 Å². The summed E-state index contributed by atoms with van der Waals surface area (Å²) in [6, 6.07) is 4.85. The second kappa shape index (κ2) is 5.45. The second-order valence-electron chi connectivity index (χ2n) is 3.35. The normalized spacial score (nSPS) is 11.6. The maximum atomic E-state index is 11.7. The smallest absolute Gasteiger partial charge is 0.336 e. The van der Waals surface area contributed by atoms with Crippen molar-refractivity contribution < 1.29 is 19.5 Å². The first-order valence-corrected chi connectivity index (χ1v) is 5.13. The Bertz CT molecular complexity index is 472. The van der Waals surface area contributed by atoms with Gasteiger partial charge in [0.05, 0.1) is 11.1 Å². The number of carboxylic acid groups (broad SMARTS) is 1. The van der Waals surface area contributed by atoms with E-state index in [0.717, 1.165) is 0 Å². The Kier molecular flexibility index (Phi) is 4.23. The number of rotatable bonds is 4. The van der Waals surface area contributed by atoms with Gasteiger partial charge in [0.1, 0.15) is 6.04 Å². The third-order valence-corrected chi connectivity index (χ3v) is 2.42. The molecule has 5 nitrogen and oxygen atoms in total. The van der Waals surface area contributed by atoms with Crippen LogP contribution in [0.1, 0.15) is 27.6 Å². The van der Waals surface area contributed by atoms with Gasteiger partial charge in [0.25, 0.3) is 5.91 Å². The van der Waals surface area contributed by atoms with Crippen molar-refractivity contribution in [3.63, 3.8) is 0 Å². The maximum absolute atomic E-state index is 11.7. The summed E-state index contributed by atoms with van der Waals surface area (Å²) < 4.78 is 0. The zero-order chi connectivity index (χ0) is 13.0. The van der Waals surface area contributed by atoms with E-state index < -0.39 is 23.2 Å². The van der Waals surface area contributed by atoms with Crippen LogP contribution in [0.2, 0.25) is 0 Å². The largest absolute Gasteiger partial charge is 0.478 e. The highest BCUT2D eigenvalue weighted by Gasteiger charge is 2.19. The fraction of sp³-hybridized carbons (Fsp3) is 0.182. The number of carbonyl (C=O) groups is 3. The third-order valence-electron chi connectivity index (χ3n) is 2.09. The number of hydrogen-bond donors (Lipinski definition) is 2. The Hall–Kier alpha value is -1.88. The summed E-state index contributed by atoms with van der Waals surface area (Å²) in [7, 11) is 0. The minimum Gasteiger partial charge on any atom is -0.478 e. The maximum Gasteiger partial charge on any atom is 0.336 e. The summed E-state index contributed by atoms with van der Waals surface area (Å²) in [5.74, 6) is -1.86. The van der Waals surface area contributed by atoms with Crippen LogP contribution in [0.3, 0.4) is 0 Å². The van der Waals surface area contributed by atoms with Crippen LogP contribution in [0, 0.1) is 0 Å². The zero-order valence-electron chi connectivity index (χ0n) is 8.94. The molecule has 0 aliphatic rings. The Morgan fingerprint density at radius 3 is 2.24 bits per heavy atom. The van der Waals surface area contributed by atoms with Crippen molar-refractivity contribution in [2.45, 2.75) is 13.0 Å². The highest BCUT2D eigenvalue weighted by molar-refractivity contribution is 6.64. The first-order chi connectivity index (χ1) is 7.93. The lowest BCUT2D eigenvalue weighted by Gasteiger charge is -2.10. The molecule has 0 saturated heterocycles. The zero-order valence-corrected chi connectivity index (χ0v) is 9.69. The van der Waals surface area contributed by atoms with Crippen LogP contribution in [0.15, 0.2) is 24.3 Å². The highest BCUT2D eigenvalue weighted by atomic mass is 35.5. The van der Waals surface area contributed by atoms with E-state index in [1.165, 1.54) is 31.2 Å². The van der Waals surface area contributed by atoms with Crippen molar-refractivity contribution in [3.8, 4) is 0 Å². The first-order valence-electron chi connectivity index (χ1n) is 4.76. The molecule has 0 aliphatic carbocycles. The number of carbonyl (C=O) groups excluding carboxylic acids is 2. The van der Waals surface area contributed by atoms with E-state index in [0.29, 0.717) is 0 Å². The summed E-state index contributed by atoms with van der Waals surface area (Å²) in [5.41, 5.74) is -0.135. The summed E-state index contributed by atoms with van der Waals surface area (Å²) in [6.07, 6.45) is 0. The fourth-order valence-electron chi connectivity index (χ4n) is 1.20. The topological polar surface area (TPSA) is 83.5 Å². The molecule has 1 aromatic carbocycles. The van der Waals surface area contributed by atoms with Crippen LogP contribution in [-0.4, -0.2) is 28.3 Å². The number of benzene rings is 1. The monoisotopic (exact) mass is 255 g/mol. The minimum atomic E-state index is -1.21. The molecule has 6 heteroatoms. The van der Waals surface area contributed by atoms with E-state index >= 15 is 0 Å².